The third-order valence-electron chi connectivity index (χ3n) is 5.05. The van der Waals surface area contributed by atoms with Gasteiger partial charge in [-0.2, -0.15) is 12.6 Å². The average Bonchev–Trinajstić information content (AvgIpc) is 2.76. The van der Waals surface area contributed by atoms with Crippen LogP contribution in [0, 0.1) is 0 Å². The molecule has 0 aliphatic rings. The highest BCUT2D eigenvalue weighted by Gasteiger charge is 2.05. The predicted octanol–water partition coefficient (Wildman–Crippen LogP) is 8.96. The molecule has 0 bridgehead atoms. The van der Waals surface area contributed by atoms with Gasteiger partial charge >= 0.3 is 0 Å². The highest BCUT2D eigenvalue weighted by atomic mass is 32.1. The van der Waals surface area contributed by atoms with Gasteiger partial charge in [0.1, 0.15) is 0 Å². The molecule has 0 aromatic heterocycles. The van der Waals surface area contributed by atoms with Gasteiger partial charge in [-0.05, 0) is 44.3 Å². The lowest BCUT2D eigenvalue weighted by Gasteiger charge is -2.16. The largest absolute Gasteiger partial charge is 0.378 e. The van der Waals surface area contributed by atoms with Crippen LogP contribution in [0.15, 0.2) is 0 Å². The molecule has 1 N–H and O–H groups in total. The monoisotopic (exact) mass is 448 g/mol. The van der Waals surface area contributed by atoms with E-state index in [1.54, 1.807) is 0 Å². The molecule has 0 amide bonds. The summed E-state index contributed by atoms with van der Waals surface area (Å²) in [5.41, 5.74) is 0. The molecule has 176 valence electrons. The van der Waals surface area contributed by atoms with Crippen LogP contribution in [0.1, 0.15) is 130 Å². The number of unbranched alkanes of at least 4 members (excludes halogenated alkanes) is 12. The van der Waals surface area contributed by atoms with Crippen molar-refractivity contribution in [2.75, 3.05) is 12.4 Å². The van der Waals surface area contributed by atoms with Gasteiger partial charge in [0.25, 0.3) is 0 Å². The Bertz CT molecular complexity index is 241. The minimum absolute atomic E-state index is 0.501. The summed E-state index contributed by atoms with van der Waals surface area (Å²) in [5.74, 6) is 1.06. The molecule has 0 saturated heterocycles. The van der Waals surface area contributed by atoms with Crippen LogP contribution in [-0.2, 0) is 4.74 Å². The summed E-state index contributed by atoms with van der Waals surface area (Å²) in [6, 6.07) is 0. The third kappa shape index (κ3) is 36.4. The van der Waals surface area contributed by atoms with E-state index in [0.29, 0.717) is 6.10 Å². The lowest BCUT2D eigenvalue weighted by molar-refractivity contribution is 0.0407. The Morgan fingerprint density at radius 3 is 1.69 bits per heavy atom. The highest BCUT2D eigenvalue weighted by Crippen LogP contribution is 2.13. The van der Waals surface area contributed by atoms with Gasteiger partial charge in [0.15, 0.2) is 0 Å². The maximum Gasteiger partial charge on any atom is 0.0653 e. The Hall–Kier alpha value is 0.685. The van der Waals surface area contributed by atoms with E-state index in [-0.39, 0.29) is 0 Å². The van der Waals surface area contributed by atoms with Gasteiger partial charge in [-0.15, -0.1) is 0 Å². The molecule has 5 heteroatoms. The Morgan fingerprint density at radius 1 is 0.690 bits per heavy atom. The average molecular weight is 449 g/mol. The fourth-order valence-electron chi connectivity index (χ4n) is 3.12. The topological polar surface area (TPSA) is 29.5 Å². The molecule has 0 heterocycles. The smallest absolute Gasteiger partial charge is 0.0653 e. The van der Waals surface area contributed by atoms with Crippen LogP contribution in [0.2, 0.25) is 6.32 Å². The highest BCUT2D eigenvalue weighted by molar-refractivity contribution is 7.80. The van der Waals surface area contributed by atoms with Crippen molar-refractivity contribution in [2.24, 2.45) is 0 Å². The second-order valence-corrected chi connectivity index (χ2v) is 8.25. The molecule has 0 aromatic carbocycles. The Kier molecular flexibility index (Phi) is 42.7. The lowest BCUT2D eigenvalue weighted by Crippen LogP contribution is -2.12. The molecule has 2 nitrogen and oxygen atoms in total. The quantitative estimate of drug-likeness (QED) is 0.0751. The summed E-state index contributed by atoms with van der Waals surface area (Å²) >= 11 is 6.67. The SMILES string of the molecule is CCCCCCCCS.OS.[B]CCCCCCOC(CC)CCCCCCC. The van der Waals surface area contributed by atoms with E-state index < -0.39 is 0 Å². The fourth-order valence-corrected chi connectivity index (χ4v) is 3.35. The van der Waals surface area contributed by atoms with Gasteiger partial charge in [0.05, 0.1) is 14.0 Å². The van der Waals surface area contributed by atoms with E-state index in [0.717, 1.165) is 31.5 Å². The van der Waals surface area contributed by atoms with Crippen molar-refractivity contribution < 1.29 is 9.29 Å². The second kappa shape index (κ2) is 36.1. The van der Waals surface area contributed by atoms with E-state index in [9.17, 15) is 0 Å². The number of hydrogen-bond donors (Lipinski definition) is 3. The van der Waals surface area contributed by atoms with Gasteiger partial charge in [0, 0.05) is 6.61 Å². The van der Waals surface area contributed by atoms with Crippen molar-refractivity contribution in [3.63, 3.8) is 0 Å². The summed E-state index contributed by atoms with van der Waals surface area (Å²) in [7, 11) is 5.47. The van der Waals surface area contributed by atoms with Crippen LogP contribution in [-0.4, -0.2) is 30.9 Å². The molecule has 1 atom stereocenters. The van der Waals surface area contributed by atoms with Crippen LogP contribution in [0.25, 0.3) is 0 Å². The van der Waals surface area contributed by atoms with E-state index in [1.807, 2.05) is 0 Å². The first kappa shape index (κ1) is 34.3. The summed E-state index contributed by atoms with van der Waals surface area (Å²) in [6.45, 7) is 7.70. The van der Waals surface area contributed by atoms with Crippen molar-refractivity contribution in [1.82, 2.24) is 0 Å². The molecule has 2 radical (unpaired) electrons. The molecule has 1 unspecified atom stereocenters. The van der Waals surface area contributed by atoms with Crippen LogP contribution < -0.4 is 0 Å². The van der Waals surface area contributed by atoms with Gasteiger partial charge in [-0.1, -0.05) is 111 Å². The maximum absolute atomic E-state index is 6.69. The van der Waals surface area contributed by atoms with Gasteiger partial charge < -0.3 is 9.29 Å². The predicted molar refractivity (Wildman–Crippen MR) is 141 cm³/mol. The van der Waals surface area contributed by atoms with E-state index in [4.69, 9.17) is 17.1 Å². The van der Waals surface area contributed by atoms with E-state index >= 15 is 0 Å². The molecule has 29 heavy (non-hydrogen) atoms. The van der Waals surface area contributed by atoms with Gasteiger partial charge in [-0.3, -0.25) is 0 Å². The van der Waals surface area contributed by atoms with Crippen LogP contribution in [0.3, 0.4) is 0 Å². The van der Waals surface area contributed by atoms with Crippen LogP contribution in [0.4, 0.5) is 0 Å². The number of rotatable bonds is 20. The summed E-state index contributed by atoms with van der Waals surface area (Å²) in [4.78, 5) is 0. The van der Waals surface area contributed by atoms with Crippen molar-refractivity contribution in [3.05, 3.63) is 0 Å². The first-order valence-electron chi connectivity index (χ1n) is 12.4. The molecule has 0 spiro atoms. The van der Waals surface area contributed by atoms with Gasteiger partial charge in [0.2, 0.25) is 0 Å². The normalized spacial score (nSPS) is 11.2. The Morgan fingerprint density at radius 2 is 1.17 bits per heavy atom. The number of ether oxygens (including phenoxy) is 1. The molecule has 0 rings (SSSR count). The molecule has 0 aliphatic heterocycles. The van der Waals surface area contributed by atoms with Crippen molar-refractivity contribution >= 4 is 33.4 Å². The van der Waals surface area contributed by atoms with Crippen molar-refractivity contribution in [1.29, 1.82) is 0 Å². The van der Waals surface area contributed by atoms with Crippen molar-refractivity contribution in [3.8, 4) is 0 Å². The molecule has 0 aliphatic carbocycles. The third-order valence-corrected chi connectivity index (χ3v) is 5.36. The zero-order chi connectivity index (χ0) is 22.4. The minimum atomic E-state index is 0.501. The van der Waals surface area contributed by atoms with Crippen molar-refractivity contribution in [2.45, 2.75) is 142 Å². The summed E-state index contributed by atoms with van der Waals surface area (Å²) < 4.78 is 12.6. The lowest BCUT2D eigenvalue weighted by atomic mass is 9.99. The zero-order valence-corrected chi connectivity index (χ0v) is 21.8. The Labute approximate surface area is 197 Å². The molecule has 0 aromatic rings. The minimum Gasteiger partial charge on any atom is -0.378 e. The number of thiol groups is 2. The number of hydrogen-bond acceptors (Lipinski definition) is 4. The molecular weight excluding hydrogens is 395 g/mol. The van der Waals surface area contributed by atoms with E-state index in [1.165, 1.54) is 96.3 Å². The molecule has 0 fully saturated rings. The van der Waals surface area contributed by atoms with E-state index in [2.05, 4.69) is 46.3 Å². The maximum atomic E-state index is 6.69. The summed E-state index contributed by atoms with van der Waals surface area (Å²) in [6.07, 6.45) is 23.7. The Balaban J connectivity index is -0.000000515. The fraction of sp³-hybridized carbons (Fsp3) is 1.00. The van der Waals surface area contributed by atoms with Crippen LogP contribution in [0.5, 0.6) is 0 Å². The molecular formula is C24H53BO2S2. The van der Waals surface area contributed by atoms with Gasteiger partial charge in [-0.25, -0.2) is 0 Å². The molecule has 0 saturated carbocycles. The second-order valence-electron chi connectivity index (χ2n) is 7.80. The first-order chi connectivity index (χ1) is 14.3. The zero-order valence-electron chi connectivity index (χ0n) is 20.0. The summed E-state index contributed by atoms with van der Waals surface area (Å²) in [5, 5.41) is 0. The first-order valence-corrected chi connectivity index (χ1v) is 13.4. The van der Waals surface area contributed by atoms with Crippen LogP contribution >= 0.6 is 25.5 Å². The standard InChI is InChI=1S/C16H33BO.C8H18S.H2OS/c1-3-5-6-7-10-13-16(4-2)18-15-12-9-8-11-14-17;1-2-3-4-5-6-7-8-9;1-2/h16H,3-15H2,1-2H3;9H,2-8H2,1H3;1-2H.